The van der Waals surface area contributed by atoms with Crippen LogP contribution in [0.3, 0.4) is 0 Å². The second kappa shape index (κ2) is 6.18. The minimum absolute atomic E-state index is 0.0590. The number of hydrogen-bond donors (Lipinski definition) is 1. The van der Waals surface area contributed by atoms with Crippen molar-refractivity contribution in [2.75, 3.05) is 0 Å². The topological polar surface area (TPSA) is 73.8 Å². The van der Waals surface area contributed by atoms with Gasteiger partial charge >= 0.3 is 0 Å². The van der Waals surface area contributed by atoms with Crippen LogP contribution in [0.25, 0.3) is 0 Å². The van der Waals surface area contributed by atoms with Gasteiger partial charge in [0.05, 0.1) is 23.9 Å². The first-order chi connectivity index (χ1) is 10.3. The summed E-state index contributed by atoms with van der Waals surface area (Å²) < 4.78 is 2.02. The van der Waals surface area contributed by atoms with E-state index in [1.54, 1.807) is 18.3 Å². The van der Waals surface area contributed by atoms with E-state index in [0.29, 0.717) is 24.6 Å². The lowest BCUT2D eigenvalue weighted by molar-refractivity contribution is 0.0991. The zero-order chi connectivity index (χ0) is 14.7. The molecular formula is C16H20N4O. The molecule has 2 heterocycles. The third-order valence-electron chi connectivity index (χ3n) is 4.05. The van der Waals surface area contributed by atoms with Crippen LogP contribution < -0.4 is 5.73 Å². The predicted molar refractivity (Wildman–Crippen MR) is 79.9 cm³/mol. The van der Waals surface area contributed by atoms with E-state index in [-0.39, 0.29) is 5.78 Å². The van der Waals surface area contributed by atoms with Gasteiger partial charge in [0.1, 0.15) is 0 Å². The number of Topliss-reactive ketones (excluding diaryl/α,β-unsaturated/α-hetero) is 1. The third-order valence-corrected chi connectivity index (χ3v) is 4.05. The highest BCUT2D eigenvalue weighted by Crippen LogP contribution is 2.28. The van der Waals surface area contributed by atoms with Crippen LogP contribution in [0.15, 0.2) is 30.6 Å². The quantitative estimate of drug-likeness (QED) is 0.855. The first-order valence-electron chi connectivity index (χ1n) is 7.48. The normalized spacial score (nSPS) is 15.5. The highest BCUT2D eigenvalue weighted by atomic mass is 16.1. The Balaban J connectivity index is 1.69. The summed E-state index contributed by atoms with van der Waals surface area (Å²) in [4.78, 5) is 16.4. The van der Waals surface area contributed by atoms with Crippen LogP contribution in [0.5, 0.6) is 0 Å². The van der Waals surface area contributed by atoms with Gasteiger partial charge in [0, 0.05) is 24.5 Å². The largest absolute Gasteiger partial charge is 0.325 e. The molecule has 0 bridgehead atoms. The molecule has 0 unspecified atom stereocenters. The number of pyridine rings is 1. The molecule has 1 aliphatic rings. The van der Waals surface area contributed by atoms with Gasteiger partial charge in [-0.05, 0) is 31.0 Å². The van der Waals surface area contributed by atoms with E-state index in [0.717, 1.165) is 11.4 Å². The molecule has 2 aromatic heterocycles. The van der Waals surface area contributed by atoms with Crippen molar-refractivity contribution in [2.24, 2.45) is 5.73 Å². The SMILES string of the molecule is NCc1cc(C(=O)Cc2ccn(C3CCCC3)n2)ccn1. The second-order valence-corrected chi connectivity index (χ2v) is 5.57. The van der Waals surface area contributed by atoms with E-state index in [2.05, 4.69) is 10.1 Å². The Bertz CT molecular complexity index is 629. The van der Waals surface area contributed by atoms with Crippen LogP contribution in [-0.2, 0) is 13.0 Å². The maximum absolute atomic E-state index is 12.3. The van der Waals surface area contributed by atoms with Crippen LogP contribution in [0.2, 0.25) is 0 Å². The van der Waals surface area contributed by atoms with E-state index in [9.17, 15) is 4.79 Å². The van der Waals surface area contributed by atoms with Gasteiger partial charge in [-0.15, -0.1) is 0 Å². The zero-order valence-electron chi connectivity index (χ0n) is 12.0. The van der Waals surface area contributed by atoms with Crippen LogP contribution in [-0.4, -0.2) is 20.5 Å². The average Bonchev–Trinajstić information content (AvgIpc) is 3.18. The number of ketones is 1. The molecule has 1 aliphatic carbocycles. The van der Waals surface area contributed by atoms with Gasteiger partial charge < -0.3 is 5.73 Å². The Morgan fingerprint density at radius 1 is 1.29 bits per heavy atom. The molecule has 0 saturated heterocycles. The molecule has 1 fully saturated rings. The maximum atomic E-state index is 12.3. The Labute approximate surface area is 124 Å². The Morgan fingerprint density at radius 2 is 2.10 bits per heavy atom. The lowest BCUT2D eigenvalue weighted by Gasteiger charge is -2.08. The number of nitrogens with zero attached hydrogens (tertiary/aromatic N) is 3. The molecule has 2 N–H and O–H groups in total. The minimum Gasteiger partial charge on any atom is -0.325 e. The molecule has 3 rings (SSSR count). The summed E-state index contributed by atoms with van der Waals surface area (Å²) in [6.07, 6.45) is 8.89. The summed E-state index contributed by atoms with van der Waals surface area (Å²) in [6, 6.07) is 5.95. The number of hydrogen-bond acceptors (Lipinski definition) is 4. The van der Waals surface area contributed by atoms with Crippen molar-refractivity contribution in [3.63, 3.8) is 0 Å². The van der Waals surface area contributed by atoms with E-state index in [1.807, 2.05) is 16.9 Å². The van der Waals surface area contributed by atoms with Crippen molar-refractivity contribution in [1.29, 1.82) is 0 Å². The van der Waals surface area contributed by atoms with Gasteiger partial charge in [0.2, 0.25) is 0 Å². The summed E-state index contributed by atoms with van der Waals surface area (Å²) in [5.41, 5.74) is 7.77. The molecule has 1 saturated carbocycles. The standard InChI is InChI=1S/C16H20N4O/c17-11-14-9-12(5-7-18-14)16(21)10-13-6-8-20(19-13)15-3-1-2-4-15/h5-9,15H,1-4,10-11,17H2. The molecule has 0 aromatic carbocycles. The Morgan fingerprint density at radius 3 is 2.86 bits per heavy atom. The summed E-state index contributed by atoms with van der Waals surface area (Å²) in [7, 11) is 0. The fourth-order valence-electron chi connectivity index (χ4n) is 2.87. The van der Waals surface area contributed by atoms with Crippen molar-refractivity contribution in [2.45, 2.75) is 44.7 Å². The maximum Gasteiger partial charge on any atom is 0.169 e. The summed E-state index contributed by atoms with van der Waals surface area (Å²) in [5, 5.41) is 4.56. The highest BCUT2D eigenvalue weighted by Gasteiger charge is 2.18. The number of rotatable bonds is 5. The zero-order valence-corrected chi connectivity index (χ0v) is 12.0. The fraction of sp³-hybridized carbons (Fsp3) is 0.438. The van der Waals surface area contributed by atoms with Crippen molar-refractivity contribution in [1.82, 2.24) is 14.8 Å². The fourth-order valence-corrected chi connectivity index (χ4v) is 2.87. The van der Waals surface area contributed by atoms with E-state index in [1.165, 1.54) is 25.7 Å². The van der Waals surface area contributed by atoms with Crippen molar-refractivity contribution in [3.8, 4) is 0 Å². The smallest absolute Gasteiger partial charge is 0.169 e. The Hall–Kier alpha value is -2.01. The van der Waals surface area contributed by atoms with Crippen LogP contribution in [0.1, 0.15) is 53.5 Å². The van der Waals surface area contributed by atoms with Gasteiger partial charge in [-0.1, -0.05) is 12.8 Å². The van der Waals surface area contributed by atoms with Crippen LogP contribution >= 0.6 is 0 Å². The molecule has 5 nitrogen and oxygen atoms in total. The summed E-state index contributed by atoms with van der Waals surface area (Å²) in [6.45, 7) is 0.345. The first-order valence-corrected chi connectivity index (χ1v) is 7.48. The second-order valence-electron chi connectivity index (χ2n) is 5.57. The molecule has 0 atom stereocenters. The number of nitrogens with two attached hydrogens (primary N) is 1. The molecule has 0 spiro atoms. The molecular weight excluding hydrogens is 264 g/mol. The lowest BCUT2D eigenvalue weighted by atomic mass is 10.1. The molecule has 0 radical (unpaired) electrons. The molecule has 0 amide bonds. The number of carbonyl (C=O) groups excluding carboxylic acids is 1. The van der Waals surface area contributed by atoms with Gasteiger partial charge in [0.25, 0.3) is 0 Å². The predicted octanol–water partition coefficient (Wildman–Crippen LogP) is 2.28. The average molecular weight is 284 g/mol. The highest BCUT2D eigenvalue weighted by molar-refractivity contribution is 5.97. The number of aromatic nitrogens is 3. The Kier molecular flexibility index (Phi) is 4.10. The molecule has 0 aliphatic heterocycles. The van der Waals surface area contributed by atoms with Crippen molar-refractivity contribution < 1.29 is 4.79 Å². The summed E-state index contributed by atoms with van der Waals surface area (Å²) >= 11 is 0. The van der Waals surface area contributed by atoms with Crippen molar-refractivity contribution in [3.05, 3.63) is 47.5 Å². The van der Waals surface area contributed by atoms with Crippen LogP contribution in [0, 0.1) is 0 Å². The van der Waals surface area contributed by atoms with E-state index < -0.39 is 0 Å². The van der Waals surface area contributed by atoms with Crippen molar-refractivity contribution >= 4 is 5.78 Å². The monoisotopic (exact) mass is 284 g/mol. The lowest BCUT2D eigenvalue weighted by Crippen LogP contribution is -2.09. The molecule has 2 aromatic rings. The number of carbonyl (C=O) groups is 1. The minimum atomic E-state index is 0.0590. The van der Waals surface area contributed by atoms with E-state index >= 15 is 0 Å². The van der Waals surface area contributed by atoms with E-state index in [4.69, 9.17) is 5.73 Å². The third kappa shape index (κ3) is 3.19. The summed E-state index contributed by atoms with van der Waals surface area (Å²) in [5.74, 6) is 0.0590. The molecule has 5 heteroatoms. The van der Waals surface area contributed by atoms with Gasteiger partial charge in [-0.25, -0.2) is 0 Å². The molecule has 110 valence electrons. The van der Waals surface area contributed by atoms with Gasteiger partial charge in [0.15, 0.2) is 5.78 Å². The van der Waals surface area contributed by atoms with Crippen LogP contribution in [0.4, 0.5) is 0 Å². The van der Waals surface area contributed by atoms with Gasteiger partial charge in [-0.2, -0.15) is 5.10 Å². The first kappa shape index (κ1) is 13.9. The molecule has 21 heavy (non-hydrogen) atoms. The van der Waals surface area contributed by atoms with Gasteiger partial charge in [-0.3, -0.25) is 14.5 Å².